The molecule has 0 spiro atoms. The Labute approximate surface area is 192 Å². The normalized spacial score (nSPS) is 14.7. The Morgan fingerprint density at radius 3 is 2.75 bits per heavy atom. The van der Waals surface area contributed by atoms with Gasteiger partial charge < -0.3 is 29.7 Å². The minimum Gasteiger partial charge on any atom is -0.383 e. The molecule has 9 nitrogen and oxygen atoms in total. The van der Waals surface area contributed by atoms with Crippen molar-refractivity contribution in [3.8, 4) is 0 Å². The minimum atomic E-state index is -0.368. The number of benzene rings is 1. The molecule has 0 radical (unpaired) electrons. The summed E-state index contributed by atoms with van der Waals surface area (Å²) in [5.41, 5.74) is 1.93. The second kappa shape index (κ2) is 11.4. The van der Waals surface area contributed by atoms with Crippen LogP contribution in [0.1, 0.15) is 40.3 Å². The molecule has 1 aliphatic heterocycles. The lowest BCUT2D eigenvalue weighted by molar-refractivity contribution is 0.0787. The molecule has 2 heterocycles. The number of aromatic nitrogens is 1. The van der Waals surface area contributed by atoms with Gasteiger partial charge in [-0.05, 0) is 31.5 Å². The van der Waals surface area contributed by atoms with Gasteiger partial charge in [0.15, 0.2) is 5.13 Å². The van der Waals surface area contributed by atoms with Crippen LogP contribution in [0.2, 0.25) is 0 Å². The summed E-state index contributed by atoms with van der Waals surface area (Å²) in [7, 11) is 3.26. The molecule has 0 unspecified atom stereocenters. The van der Waals surface area contributed by atoms with E-state index in [-0.39, 0.29) is 24.0 Å². The van der Waals surface area contributed by atoms with Crippen LogP contribution >= 0.6 is 11.3 Å². The maximum atomic E-state index is 12.9. The van der Waals surface area contributed by atoms with Crippen LogP contribution in [0.5, 0.6) is 0 Å². The Morgan fingerprint density at radius 2 is 2.06 bits per heavy atom. The molecule has 1 aromatic carbocycles. The fourth-order valence-electron chi connectivity index (χ4n) is 3.23. The van der Waals surface area contributed by atoms with Crippen LogP contribution in [-0.4, -0.2) is 69.5 Å². The first-order chi connectivity index (χ1) is 15.4. The van der Waals surface area contributed by atoms with Gasteiger partial charge in [0.05, 0.1) is 30.6 Å². The highest BCUT2D eigenvalue weighted by molar-refractivity contribution is 7.14. The van der Waals surface area contributed by atoms with Crippen LogP contribution in [0.4, 0.5) is 10.8 Å². The Morgan fingerprint density at radius 1 is 1.28 bits per heavy atom. The number of ether oxygens (including phenoxy) is 3. The van der Waals surface area contributed by atoms with Crippen LogP contribution in [-0.2, 0) is 20.8 Å². The highest BCUT2D eigenvalue weighted by atomic mass is 32.1. The third-order valence-corrected chi connectivity index (χ3v) is 5.92. The summed E-state index contributed by atoms with van der Waals surface area (Å²) in [4.78, 5) is 32.3. The molecule has 2 N–H and O–H groups in total. The van der Waals surface area contributed by atoms with Gasteiger partial charge in [-0.15, -0.1) is 11.3 Å². The Kier molecular flexibility index (Phi) is 8.57. The van der Waals surface area contributed by atoms with E-state index in [1.54, 1.807) is 31.7 Å². The van der Waals surface area contributed by atoms with Crippen LogP contribution < -0.4 is 15.5 Å². The summed E-state index contributed by atoms with van der Waals surface area (Å²) in [6.45, 7) is 6.61. The van der Waals surface area contributed by atoms with Gasteiger partial charge in [0.25, 0.3) is 11.8 Å². The van der Waals surface area contributed by atoms with Gasteiger partial charge in [0.2, 0.25) is 0 Å². The molecule has 1 saturated heterocycles. The maximum absolute atomic E-state index is 12.9. The molecule has 32 heavy (non-hydrogen) atoms. The van der Waals surface area contributed by atoms with Crippen molar-refractivity contribution in [3.05, 3.63) is 40.4 Å². The van der Waals surface area contributed by atoms with Gasteiger partial charge in [-0.3, -0.25) is 9.59 Å². The third-order valence-electron chi connectivity index (χ3n) is 5.02. The number of nitrogens with one attached hydrogen (secondary N) is 2. The Bertz CT molecular complexity index is 929. The number of hydrogen-bond donors (Lipinski definition) is 2. The standard InChI is InChI=1S/C22H30N4O5S/c1-5-31-12-15-6-7-18(17(8-15)20(27)23-14(2)11-29-3)24-21(28)19-13-32-22(25-19)26-9-16(10-26)30-4/h6-8,13-14,16H,5,9-12H2,1-4H3,(H,23,27)(H,24,28)/t14-/m1/s1. The fraction of sp³-hybridized carbons (Fsp3) is 0.500. The Hall–Kier alpha value is -2.53. The molecule has 0 saturated carbocycles. The number of carbonyl (C=O) groups excluding carboxylic acids is 2. The van der Waals surface area contributed by atoms with Gasteiger partial charge in [-0.1, -0.05) is 6.07 Å². The third kappa shape index (κ3) is 6.04. The van der Waals surface area contributed by atoms with Crippen molar-refractivity contribution in [2.24, 2.45) is 0 Å². The lowest BCUT2D eigenvalue weighted by Crippen LogP contribution is -2.51. The summed E-state index contributed by atoms with van der Waals surface area (Å²) >= 11 is 1.41. The summed E-state index contributed by atoms with van der Waals surface area (Å²) in [5.74, 6) is -0.666. The molecule has 1 fully saturated rings. The van der Waals surface area contributed by atoms with E-state index >= 15 is 0 Å². The fourth-order valence-corrected chi connectivity index (χ4v) is 4.06. The summed E-state index contributed by atoms with van der Waals surface area (Å²) < 4.78 is 15.8. The number of methoxy groups -OCH3 is 2. The van der Waals surface area contributed by atoms with Gasteiger partial charge in [-0.25, -0.2) is 4.98 Å². The van der Waals surface area contributed by atoms with Crippen LogP contribution in [0, 0.1) is 0 Å². The number of nitrogens with zero attached hydrogens (tertiary/aromatic N) is 2. The number of carbonyl (C=O) groups is 2. The van der Waals surface area contributed by atoms with Crippen molar-refractivity contribution < 1.29 is 23.8 Å². The number of hydrogen-bond acceptors (Lipinski definition) is 8. The lowest BCUT2D eigenvalue weighted by Gasteiger charge is -2.37. The topological polar surface area (TPSA) is 102 Å². The van der Waals surface area contributed by atoms with E-state index in [2.05, 4.69) is 20.5 Å². The van der Waals surface area contributed by atoms with Crippen molar-refractivity contribution in [1.29, 1.82) is 0 Å². The van der Waals surface area contributed by atoms with E-state index in [1.807, 2.05) is 19.9 Å². The first-order valence-corrected chi connectivity index (χ1v) is 11.4. The van der Waals surface area contributed by atoms with Crippen molar-refractivity contribution >= 4 is 34.0 Å². The number of anilines is 2. The molecule has 2 amide bonds. The Balaban J connectivity index is 1.74. The minimum absolute atomic E-state index is 0.180. The van der Waals surface area contributed by atoms with Crippen molar-refractivity contribution in [2.45, 2.75) is 32.6 Å². The van der Waals surface area contributed by atoms with E-state index in [4.69, 9.17) is 14.2 Å². The average molecular weight is 463 g/mol. The molecule has 0 aliphatic carbocycles. The zero-order valence-corrected chi connectivity index (χ0v) is 19.7. The number of thiazole rings is 1. The van der Waals surface area contributed by atoms with E-state index in [0.29, 0.717) is 36.8 Å². The van der Waals surface area contributed by atoms with Crippen molar-refractivity contribution in [3.63, 3.8) is 0 Å². The largest absolute Gasteiger partial charge is 0.383 e. The highest BCUT2D eigenvalue weighted by Gasteiger charge is 2.29. The molecule has 2 aromatic rings. The molecule has 10 heteroatoms. The molecule has 0 bridgehead atoms. The van der Waals surface area contributed by atoms with E-state index in [1.165, 1.54) is 11.3 Å². The van der Waals surface area contributed by atoms with Gasteiger partial charge >= 0.3 is 0 Å². The average Bonchev–Trinajstić information content (AvgIpc) is 3.22. The van der Waals surface area contributed by atoms with Gasteiger partial charge in [0, 0.05) is 45.3 Å². The lowest BCUT2D eigenvalue weighted by atomic mass is 10.1. The molecule has 3 rings (SSSR count). The zero-order valence-electron chi connectivity index (χ0n) is 18.8. The highest BCUT2D eigenvalue weighted by Crippen LogP contribution is 2.27. The predicted molar refractivity (Wildman–Crippen MR) is 124 cm³/mol. The van der Waals surface area contributed by atoms with Gasteiger partial charge in [-0.2, -0.15) is 0 Å². The summed E-state index contributed by atoms with van der Waals surface area (Å²) in [5, 5.41) is 8.22. The maximum Gasteiger partial charge on any atom is 0.275 e. The monoisotopic (exact) mass is 462 g/mol. The van der Waals surface area contributed by atoms with Crippen LogP contribution in [0.15, 0.2) is 23.6 Å². The molecular formula is C22H30N4O5S. The van der Waals surface area contributed by atoms with Crippen LogP contribution in [0.25, 0.3) is 0 Å². The van der Waals surface area contributed by atoms with Gasteiger partial charge in [0.1, 0.15) is 5.69 Å². The van der Waals surface area contributed by atoms with Crippen LogP contribution in [0.3, 0.4) is 0 Å². The number of rotatable bonds is 11. The summed E-state index contributed by atoms with van der Waals surface area (Å²) in [6.07, 6.45) is 0.202. The molecule has 1 aliphatic rings. The number of amides is 2. The second-order valence-electron chi connectivity index (χ2n) is 7.58. The molecule has 174 valence electrons. The van der Waals surface area contributed by atoms with Crippen molar-refractivity contribution in [1.82, 2.24) is 10.3 Å². The quantitative estimate of drug-likeness (QED) is 0.529. The van der Waals surface area contributed by atoms with E-state index < -0.39 is 0 Å². The first kappa shape index (κ1) is 24.1. The van der Waals surface area contributed by atoms with Crippen molar-refractivity contribution in [2.75, 3.05) is 50.7 Å². The second-order valence-corrected chi connectivity index (χ2v) is 8.42. The van der Waals surface area contributed by atoms with E-state index in [0.717, 1.165) is 23.8 Å². The molecule has 1 atom stereocenters. The van der Waals surface area contributed by atoms with E-state index in [9.17, 15) is 9.59 Å². The zero-order chi connectivity index (χ0) is 23.1. The SMILES string of the molecule is CCOCc1ccc(NC(=O)c2csc(N3CC(OC)C3)n2)c(C(=O)N[C@H](C)COC)c1. The molecular weight excluding hydrogens is 432 g/mol. The first-order valence-electron chi connectivity index (χ1n) is 10.5. The summed E-state index contributed by atoms with van der Waals surface area (Å²) in [6, 6.07) is 5.10. The smallest absolute Gasteiger partial charge is 0.275 e. The predicted octanol–water partition coefficient (Wildman–Crippen LogP) is 2.53. The molecule has 1 aromatic heterocycles.